The molecule has 3 nitrogen and oxygen atoms in total. The van der Waals surface area contributed by atoms with Gasteiger partial charge in [0.05, 0.1) is 6.04 Å². The molecule has 0 radical (unpaired) electrons. The summed E-state index contributed by atoms with van der Waals surface area (Å²) in [4.78, 5) is 13.6. The minimum atomic E-state index is 0.0115. The van der Waals surface area contributed by atoms with Gasteiger partial charge in [0.2, 0.25) is 0 Å². The highest BCUT2D eigenvalue weighted by molar-refractivity contribution is 5.81. The number of nitrogens with one attached hydrogen (secondary N) is 1. The molecule has 0 spiro atoms. The zero-order chi connectivity index (χ0) is 11.4. The first-order valence-electron chi connectivity index (χ1n) is 5.76. The molecule has 1 fully saturated rings. The quantitative estimate of drug-likeness (QED) is 0.823. The molecule has 1 aliphatic heterocycles. The van der Waals surface area contributed by atoms with Gasteiger partial charge in [-0.25, -0.2) is 0 Å². The number of carbonyl (C=O) groups is 1. The fourth-order valence-corrected chi connectivity index (χ4v) is 2.07. The lowest BCUT2D eigenvalue weighted by Gasteiger charge is -2.32. The lowest BCUT2D eigenvalue weighted by atomic mass is 10.1. The van der Waals surface area contributed by atoms with Gasteiger partial charge in [-0.05, 0) is 12.5 Å². The zero-order valence-corrected chi connectivity index (χ0v) is 9.65. The van der Waals surface area contributed by atoms with Gasteiger partial charge >= 0.3 is 0 Å². The van der Waals surface area contributed by atoms with Crippen molar-refractivity contribution in [2.75, 3.05) is 19.6 Å². The van der Waals surface area contributed by atoms with Crippen molar-refractivity contribution in [3.63, 3.8) is 0 Å². The second-order valence-electron chi connectivity index (χ2n) is 4.34. The summed E-state index contributed by atoms with van der Waals surface area (Å²) in [6.07, 6.45) is 0. The third-order valence-corrected chi connectivity index (χ3v) is 3.00. The Bertz CT molecular complexity index is 350. The Morgan fingerprint density at radius 1 is 1.44 bits per heavy atom. The minimum Gasteiger partial charge on any atom is -0.305 e. The molecule has 3 heteroatoms. The Hall–Kier alpha value is -1.19. The average Bonchev–Trinajstić information content (AvgIpc) is 2.30. The third kappa shape index (κ3) is 2.90. The molecular formula is C13H18N2O. The maximum absolute atomic E-state index is 11.3. The van der Waals surface area contributed by atoms with E-state index in [1.165, 1.54) is 5.56 Å². The summed E-state index contributed by atoms with van der Waals surface area (Å²) in [5, 5.41) is 3.24. The van der Waals surface area contributed by atoms with Gasteiger partial charge in [0, 0.05) is 26.2 Å². The fraction of sp³-hybridized carbons (Fsp3) is 0.462. The molecule has 0 saturated carbocycles. The molecule has 0 aliphatic carbocycles. The smallest absolute Gasteiger partial charge is 0.147 e. The molecule has 1 atom stereocenters. The van der Waals surface area contributed by atoms with Crippen LogP contribution in [0.25, 0.3) is 0 Å². The SMILES string of the molecule is CC(=O)C1CN(Cc2ccccc2)CCN1. The number of piperazine rings is 1. The summed E-state index contributed by atoms with van der Waals surface area (Å²) >= 11 is 0. The van der Waals surface area contributed by atoms with E-state index in [9.17, 15) is 4.79 Å². The van der Waals surface area contributed by atoms with Crippen molar-refractivity contribution in [2.45, 2.75) is 19.5 Å². The molecule has 2 rings (SSSR count). The monoisotopic (exact) mass is 218 g/mol. The predicted molar refractivity (Wildman–Crippen MR) is 64.2 cm³/mol. The Kier molecular flexibility index (Phi) is 3.70. The van der Waals surface area contributed by atoms with E-state index in [0.717, 1.165) is 26.2 Å². The van der Waals surface area contributed by atoms with Gasteiger partial charge in [-0.15, -0.1) is 0 Å². The normalized spacial score (nSPS) is 21.9. The fourth-order valence-electron chi connectivity index (χ4n) is 2.07. The van der Waals surface area contributed by atoms with Crippen molar-refractivity contribution in [1.29, 1.82) is 0 Å². The number of hydrogen-bond acceptors (Lipinski definition) is 3. The summed E-state index contributed by atoms with van der Waals surface area (Å²) in [6, 6.07) is 10.4. The maximum Gasteiger partial charge on any atom is 0.147 e. The molecule has 1 unspecified atom stereocenters. The van der Waals surface area contributed by atoms with Crippen molar-refractivity contribution >= 4 is 5.78 Å². The zero-order valence-electron chi connectivity index (χ0n) is 9.65. The molecule has 1 aromatic carbocycles. The maximum atomic E-state index is 11.3. The van der Waals surface area contributed by atoms with Crippen LogP contribution in [-0.2, 0) is 11.3 Å². The van der Waals surface area contributed by atoms with Gasteiger partial charge < -0.3 is 5.32 Å². The highest BCUT2D eigenvalue weighted by atomic mass is 16.1. The first-order chi connectivity index (χ1) is 7.75. The molecule has 0 amide bonds. The van der Waals surface area contributed by atoms with E-state index in [1.807, 2.05) is 6.07 Å². The Morgan fingerprint density at radius 2 is 2.19 bits per heavy atom. The summed E-state index contributed by atoms with van der Waals surface area (Å²) in [7, 11) is 0. The summed E-state index contributed by atoms with van der Waals surface area (Å²) in [5.74, 6) is 0.234. The van der Waals surface area contributed by atoms with Crippen LogP contribution in [0.3, 0.4) is 0 Å². The van der Waals surface area contributed by atoms with Crippen LogP contribution >= 0.6 is 0 Å². The predicted octanol–water partition coefficient (Wildman–Crippen LogP) is 1.05. The van der Waals surface area contributed by atoms with E-state index in [1.54, 1.807) is 6.92 Å². The molecule has 1 aromatic rings. The van der Waals surface area contributed by atoms with Crippen LogP contribution < -0.4 is 5.32 Å². The number of carbonyl (C=O) groups excluding carboxylic acids is 1. The number of hydrogen-bond donors (Lipinski definition) is 1. The Labute approximate surface area is 96.5 Å². The third-order valence-electron chi connectivity index (χ3n) is 3.00. The highest BCUT2D eigenvalue weighted by Gasteiger charge is 2.22. The summed E-state index contributed by atoms with van der Waals surface area (Å²) in [5.41, 5.74) is 1.31. The van der Waals surface area contributed by atoms with E-state index in [4.69, 9.17) is 0 Å². The van der Waals surface area contributed by atoms with Gasteiger partial charge in [0.15, 0.2) is 0 Å². The van der Waals surface area contributed by atoms with Crippen LogP contribution in [0.2, 0.25) is 0 Å². The standard InChI is InChI=1S/C13H18N2O/c1-11(16)13-10-15(8-7-14-13)9-12-5-3-2-4-6-12/h2-6,13-14H,7-10H2,1H3. The van der Waals surface area contributed by atoms with Gasteiger partial charge in [0.1, 0.15) is 5.78 Å². The Morgan fingerprint density at radius 3 is 2.88 bits per heavy atom. The van der Waals surface area contributed by atoms with Crippen LogP contribution in [0.15, 0.2) is 30.3 Å². The van der Waals surface area contributed by atoms with E-state index in [-0.39, 0.29) is 11.8 Å². The van der Waals surface area contributed by atoms with Gasteiger partial charge in [-0.1, -0.05) is 30.3 Å². The molecule has 16 heavy (non-hydrogen) atoms. The first-order valence-corrected chi connectivity index (χ1v) is 5.76. The lowest BCUT2D eigenvalue weighted by molar-refractivity contribution is -0.120. The van der Waals surface area contributed by atoms with Crippen molar-refractivity contribution in [3.05, 3.63) is 35.9 Å². The van der Waals surface area contributed by atoms with Gasteiger partial charge in [0.25, 0.3) is 0 Å². The number of benzene rings is 1. The molecular weight excluding hydrogens is 200 g/mol. The van der Waals surface area contributed by atoms with Crippen LogP contribution in [0.4, 0.5) is 0 Å². The molecule has 0 aromatic heterocycles. The molecule has 0 bridgehead atoms. The van der Waals surface area contributed by atoms with Crippen LogP contribution in [0.5, 0.6) is 0 Å². The molecule has 1 heterocycles. The molecule has 1 N–H and O–H groups in total. The largest absolute Gasteiger partial charge is 0.305 e. The molecule has 1 saturated heterocycles. The number of ketones is 1. The van der Waals surface area contributed by atoms with Gasteiger partial charge in [-0.3, -0.25) is 9.69 Å². The summed E-state index contributed by atoms with van der Waals surface area (Å²) in [6.45, 7) is 5.33. The second kappa shape index (κ2) is 5.23. The minimum absolute atomic E-state index is 0.0115. The van der Waals surface area contributed by atoms with E-state index in [0.29, 0.717) is 0 Å². The lowest BCUT2D eigenvalue weighted by Crippen LogP contribution is -2.53. The number of rotatable bonds is 3. The van der Waals surface area contributed by atoms with E-state index in [2.05, 4.69) is 34.5 Å². The second-order valence-corrected chi connectivity index (χ2v) is 4.34. The van der Waals surface area contributed by atoms with Crippen LogP contribution in [-0.4, -0.2) is 36.4 Å². The Balaban J connectivity index is 1.93. The topological polar surface area (TPSA) is 32.3 Å². The van der Waals surface area contributed by atoms with Crippen molar-refractivity contribution in [3.8, 4) is 0 Å². The van der Waals surface area contributed by atoms with Crippen molar-refractivity contribution in [2.24, 2.45) is 0 Å². The van der Waals surface area contributed by atoms with E-state index >= 15 is 0 Å². The highest BCUT2D eigenvalue weighted by Crippen LogP contribution is 2.07. The average molecular weight is 218 g/mol. The number of nitrogens with zero attached hydrogens (tertiary/aromatic N) is 1. The first kappa shape index (κ1) is 11.3. The number of Topliss-reactive ketones (excluding diaryl/α,β-unsaturated/α-hetero) is 1. The summed E-state index contributed by atoms with van der Waals surface area (Å²) < 4.78 is 0. The van der Waals surface area contributed by atoms with E-state index < -0.39 is 0 Å². The van der Waals surface area contributed by atoms with Crippen LogP contribution in [0.1, 0.15) is 12.5 Å². The van der Waals surface area contributed by atoms with Crippen molar-refractivity contribution in [1.82, 2.24) is 10.2 Å². The molecule has 1 aliphatic rings. The van der Waals surface area contributed by atoms with Gasteiger partial charge in [-0.2, -0.15) is 0 Å². The molecule has 86 valence electrons. The van der Waals surface area contributed by atoms with Crippen LogP contribution in [0, 0.1) is 0 Å². The van der Waals surface area contributed by atoms with Crippen molar-refractivity contribution < 1.29 is 4.79 Å².